The summed E-state index contributed by atoms with van der Waals surface area (Å²) >= 11 is 0. The van der Waals surface area contributed by atoms with Crippen LogP contribution >= 0.6 is 0 Å². The molecule has 0 unspecified atom stereocenters. The lowest BCUT2D eigenvalue weighted by atomic mass is 10.1. The minimum atomic E-state index is -0.855. The smallest absolute Gasteiger partial charge is 0.306 e. The number of ether oxygens (including phenoxy) is 3. The topological polar surface area (TPSA) is 78.9 Å². The number of rotatable bonds is 45. The summed E-state index contributed by atoms with van der Waals surface area (Å²) in [7, 11) is 0. The lowest BCUT2D eigenvalue weighted by molar-refractivity contribution is -0.166. The van der Waals surface area contributed by atoms with Gasteiger partial charge in [-0.05, 0) is 135 Å². The number of hydrogen-bond donors (Lipinski definition) is 0. The average Bonchev–Trinajstić information content (AvgIpc) is 3.35. The molecule has 0 bridgehead atoms. The number of hydrogen-bond acceptors (Lipinski definition) is 6. The molecule has 0 aliphatic carbocycles. The fourth-order valence-corrected chi connectivity index (χ4v) is 6.33. The maximum Gasteiger partial charge on any atom is 0.306 e. The number of unbranched alkanes of at least 4 members (excludes halogenated alkanes) is 6. The first-order chi connectivity index (χ1) is 34.0. The minimum absolute atomic E-state index is 0.143. The third-order valence-electron chi connectivity index (χ3n) is 10.2. The van der Waals surface area contributed by atoms with E-state index in [2.05, 4.69) is 179 Å². The van der Waals surface area contributed by atoms with E-state index in [0.29, 0.717) is 19.3 Å². The van der Waals surface area contributed by atoms with Gasteiger partial charge in [0.1, 0.15) is 13.2 Å². The van der Waals surface area contributed by atoms with Crippen LogP contribution < -0.4 is 0 Å². The second kappa shape index (κ2) is 55.4. The Kier molecular flexibility index (Phi) is 51.2. The number of carbonyl (C=O) groups excluding carboxylic acids is 3. The molecule has 0 rings (SSSR count). The first-order valence-corrected chi connectivity index (χ1v) is 26.6. The van der Waals surface area contributed by atoms with Crippen molar-refractivity contribution in [2.45, 2.75) is 194 Å². The van der Waals surface area contributed by atoms with Crippen LogP contribution in [0.4, 0.5) is 0 Å². The van der Waals surface area contributed by atoms with E-state index in [1.807, 2.05) is 12.2 Å². The third kappa shape index (κ3) is 53.6. The summed E-state index contributed by atoms with van der Waals surface area (Å²) in [5.74, 6) is -1.11. The van der Waals surface area contributed by atoms with Crippen LogP contribution in [0.3, 0.4) is 0 Å². The van der Waals surface area contributed by atoms with Gasteiger partial charge in [0.25, 0.3) is 0 Å². The molecule has 6 nitrogen and oxygen atoms in total. The van der Waals surface area contributed by atoms with Crippen LogP contribution in [-0.2, 0) is 28.6 Å². The van der Waals surface area contributed by atoms with Gasteiger partial charge in [0.15, 0.2) is 6.10 Å². The standard InChI is InChI=1S/C63H94O6/c1-4-7-10-13-16-19-22-25-28-30-31-33-36-39-42-45-48-51-54-57-63(66)69-60(58-67-61(64)55-52-49-46-43-40-37-34-27-24-21-18-15-12-9-6-3)59-68-62(65)56-53-50-47-44-41-38-35-32-29-26-23-20-17-14-11-8-5-2/h7-12,16-21,25-29,31,33-35,38-40,42-43,48,51,60H,4-6,13-15,22-24,30,32,36-37,41,44-47,49-50,52-59H2,1-3H3/b10-7-,11-8-,12-9-,19-16-,20-17-,21-18-,28-25-,29-26-,33-31-,34-27-,38-35-,42-39-,43-40-,51-48-/t60-/m0/s1. The van der Waals surface area contributed by atoms with E-state index in [-0.39, 0.29) is 38.0 Å². The quantitative estimate of drug-likeness (QED) is 0.0262. The maximum atomic E-state index is 12.8. The Morgan fingerprint density at radius 3 is 0.884 bits per heavy atom. The highest BCUT2D eigenvalue weighted by Crippen LogP contribution is 2.10. The molecule has 0 fully saturated rings. The van der Waals surface area contributed by atoms with Crippen molar-refractivity contribution in [3.8, 4) is 0 Å². The zero-order valence-corrected chi connectivity index (χ0v) is 43.5. The molecule has 0 aromatic heterocycles. The monoisotopic (exact) mass is 947 g/mol. The molecular weight excluding hydrogens is 853 g/mol. The van der Waals surface area contributed by atoms with Gasteiger partial charge in [-0.15, -0.1) is 0 Å². The molecule has 382 valence electrons. The predicted octanol–water partition coefficient (Wildman–Crippen LogP) is 18.0. The SMILES string of the molecule is CC/C=C\C/C=C\C/C=C\C/C=C\C/C=C\C/C=C\CCC(=O)O[C@@H](COC(=O)CCCC/C=C\C/C=C\C/C=C\C/C=C\CC)COC(=O)CCCCCC/C=C\C/C=C\C/C=C\C/C=C\CC. The fourth-order valence-electron chi connectivity index (χ4n) is 6.33. The van der Waals surface area contributed by atoms with Crippen LogP contribution in [0, 0.1) is 0 Å². The Bertz CT molecular complexity index is 1650. The zero-order chi connectivity index (χ0) is 50.0. The normalized spacial score (nSPS) is 13.5. The number of allylic oxidation sites excluding steroid dienone is 28. The van der Waals surface area contributed by atoms with Gasteiger partial charge in [0.2, 0.25) is 0 Å². The van der Waals surface area contributed by atoms with Crippen molar-refractivity contribution < 1.29 is 28.6 Å². The molecular formula is C63H94O6. The lowest BCUT2D eigenvalue weighted by Gasteiger charge is -2.18. The molecule has 6 heteroatoms. The summed E-state index contributed by atoms with van der Waals surface area (Å²) in [5.41, 5.74) is 0. The van der Waals surface area contributed by atoms with Crippen LogP contribution in [0.2, 0.25) is 0 Å². The Morgan fingerprint density at radius 2 is 0.551 bits per heavy atom. The van der Waals surface area contributed by atoms with Gasteiger partial charge in [-0.2, -0.15) is 0 Å². The van der Waals surface area contributed by atoms with Gasteiger partial charge < -0.3 is 14.2 Å². The van der Waals surface area contributed by atoms with Gasteiger partial charge in [0.05, 0.1) is 0 Å². The second-order valence-electron chi connectivity index (χ2n) is 16.6. The first-order valence-electron chi connectivity index (χ1n) is 26.6. The van der Waals surface area contributed by atoms with Gasteiger partial charge in [-0.1, -0.05) is 204 Å². The first kappa shape index (κ1) is 63.8. The molecule has 0 aliphatic heterocycles. The maximum absolute atomic E-state index is 12.8. The van der Waals surface area contributed by atoms with Gasteiger partial charge in [0, 0.05) is 19.3 Å². The van der Waals surface area contributed by atoms with Crippen LogP contribution in [0.25, 0.3) is 0 Å². The van der Waals surface area contributed by atoms with Gasteiger partial charge in [-0.3, -0.25) is 14.4 Å². The molecule has 0 aliphatic rings. The van der Waals surface area contributed by atoms with E-state index in [1.165, 1.54) is 0 Å². The third-order valence-corrected chi connectivity index (χ3v) is 10.2. The molecule has 0 aromatic rings. The van der Waals surface area contributed by atoms with Gasteiger partial charge in [-0.25, -0.2) is 0 Å². The molecule has 0 radical (unpaired) electrons. The molecule has 0 spiro atoms. The van der Waals surface area contributed by atoms with Crippen molar-refractivity contribution in [3.05, 3.63) is 170 Å². The number of carbonyl (C=O) groups is 3. The zero-order valence-electron chi connectivity index (χ0n) is 43.5. The Hall–Kier alpha value is -5.23. The summed E-state index contributed by atoms with van der Waals surface area (Å²) in [6, 6.07) is 0. The summed E-state index contributed by atoms with van der Waals surface area (Å²) < 4.78 is 16.7. The predicted molar refractivity (Wildman–Crippen MR) is 297 cm³/mol. The van der Waals surface area contributed by atoms with E-state index in [9.17, 15) is 14.4 Å². The van der Waals surface area contributed by atoms with E-state index >= 15 is 0 Å². The van der Waals surface area contributed by atoms with E-state index in [0.717, 1.165) is 135 Å². The molecule has 0 saturated carbocycles. The van der Waals surface area contributed by atoms with Gasteiger partial charge >= 0.3 is 17.9 Å². The molecule has 0 N–H and O–H groups in total. The highest BCUT2D eigenvalue weighted by atomic mass is 16.6. The molecule has 0 saturated heterocycles. The highest BCUT2D eigenvalue weighted by molar-refractivity contribution is 5.71. The summed E-state index contributed by atoms with van der Waals surface area (Å²) in [6.07, 6.45) is 82.1. The largest absolute Gasteiger partial charge is 0.462 e. The Labute approximate surface area is 422 Å². The average molecular weight is 947 g/mol. The Morgan fingerprint density at radius 1 is 0.290 bits per heavy atom. The summed E-state index contributed by atoms with van der Waals surface area (Å²) in [4.78, 5) is 38.0. The summed E-state index contributed by atoms with van der Waals surface area (Å²) in [5, 5.41) is 0. The fraction of sp³-hybridized carbons (Fsp3) is 0.508. The summed E-state index contributed by atoms with van der Waals surface area (Å²) in [6.45, 7) is 6.14. The minimum Gasteiger partial charge on any atom is -0.462 e. The van der Waals surface area contributed by atoms with Crippen molar-refractivity contribution >= 4 is 17.9 Å². The van der Waals surface area contributed by atoms with Crippen LogP contribution in [0.5, 0.6) is 0 Å². The molecule has 69 heavy (non-hydrogen) atoms. The van der Waals surface area contributed by atoms with Crippen molar-refractivity contribution in [2.75, 3.05) is 13.2 Å². The lowest BCUT2D eigenvalue weighted by Crippen LogP contribution is -2.30. The van der Waals surface area contributed by atoms with Crippen LogP contribution in [0.15, 0.2) is 170 Å². The van der Waals surface area contributed by atoms with Crippen molar-refractivity contribution in [1.82, 2.24) is 0 Å². The second-order valence-corrected chi connectivity index (χ2v) is 16.6. The Balaban J connectivity index is 4.66. The molecule has 0 heterocycles. The van der Waals surface area contributed by atoms with Crippen molar-refractivity contribution in [2.24, 2.45) is 0 Å². The van der Waals surface area contributed by atoms with E-state index in [1.54, 1.807) is 0 Å². The van der Waals surface area contributed by atoms with E-state index < -0.39 is 12.1 Å². The molecule has 1 atom stereocenters. The van der Waals surface area contributed by atoms with E-state index in [4.69, 9.17) is 14.2 Å². The highest BCUT2D eigenvalue weighted by Gasteiger charge is 2.19. The van der Waals surface area contributed by atoms with Crippen molar-refractivity contribution in [3.63, 3.8) is 0 Å². The van der Waals surface area contributed by atoms with Crippen molar-refractivity contribution in [1.29, 1.82) is 0 Å². The molecule has 0 aromatic carbocycles. The number of esters is 3. The van der Waals surface area contributed by atoms with Crippen LogP contribution in [-0.4, -0.2) is 37.2 Å². The molecule has 0 amide bonds. The van der Waals surface area contributed by atoms with Crippen LogP contribution in [0.1, 0.15) is 188 Å².